The quantitative estimate of drug-likeness (QED) is 0.852. The lowest BCUT2D eigenvalue weighted by Gasteiger charge is -2.18. The minimum Gasteiger partial charge on any atom is -0.508 e. The molecule has 4 heteroatoms. The van der Waals surface area contributed by atoms with Gasteiger partial charge < -0.3 is 10.4 Å². The summed E-state index contributed by atoms with van der Waals surface area (Å²) in [7, 11) is 0. The van der Waals surface area contributed by atoms with Gasteiger partial charge in [-0.05, 0) is 65.2 Å². The maximum atomic E-state index is 13.4. The number of hydrogen-bond acceptors (Lipinski definition) is 2. The van der Waals surface area contributed by atoms with Crippen molar-refractivity contribution < 1.29 is 9.50 Å². The monoisotopic (exact) mass is 323 g/mol. The highest BCUT2D eigenvalue weighted by Crippen LogP contribution is 2.28. The molecule has 1 unspecified atom stereocenters. The summed E-state index contributed by atoms with van der Waals surface area (Å²) in [6.07, 6.45) is 0. The molecule has 0 saturated carbocycles. The maximum Gasteiger partial charge on any atom is 0.137 e. The van der Waals surface area contributed by atoms with E-state index in [2.05, 4.69) is 21.2 Å². The van der Waals surface area contributed by atoms with E-state index >= 15 is 0 Å². The van der Waals surface area contributed by atoms with Crippen molar-refractivity contribution in [1.29, 1.82) is 0 Å². The number of anilines is 1. The summed E-state index contributed by atoms with van der Waals surface area (Å²) in [5.41, 5.74) is 2.68. The van der Waals surface area contributed by atoms with Crippen molar-refractivity contribution in [3.8, 4) is 5.75 Å². The fraction of sp³-hybridized carbons (Fsp3) is 0.200. The van der Waals surface area contributed by atoms with Crippen LogP contribution in [0.4, 0.5) is 10.1 Å². The van der Waals surface area contributed by atoms with Crippen molar-refractivity contribution in [3.63, 3.8) is 0 Å². The Morgan fingerprint density at radius 3 is 2.68 bits per heavy atom. The van der Waals surface area contributed by atoms with Gasteiger partial charge in [0, 0.05) is 11.7 Å². The average molecular weight is 324 g/mol. The van der Waals surface area contributed by atoms with E-state index in [9.17, 15) is 9.50 Å². The van der Waals surface area contributed by atoms with E-state index in [4.69, 9.17) is 0 Å². The van der Waals surface area contributed by atoms with Gasteiger partial charge in [0.2, 0.25) is 0 Å². The topological polar surface area (TPSA) is 32.3 Å². The number of aryl methyl sites for hydroxylation is 1. The molecule has 2 rings (SSSR count). The first kappa shape index (κ1) is 13.9. The maximum absolute atomic E-state index is 13.4. The number of halogens is 2. The third kappa shape index (κ3) is 3.26. The first-order valence-electron chi connectivity index (χ1n) is 5.98. The summed E-state index contributed by atoms with van der Waals surface area (Å²) in [5.74, 6) is -0.0313. The second kappa shape index (κ2) is 5.61. The second-order valence-corrected chi connectivity index (χ2v) is 5.40. The van der Waals surface area contributed by atoms with E-state index < -0.39 is 0 Å². The summed E-state index contributed by atoms with van der Waals surface area (Å²) < 4.78 is 13.8. The highest BCUT2D eigenvalue weighted by Gasteiger charge is 2.10. The molecule has 0 aromatic heterocycles. The number of rotatable bonds is 3. The van der Waals surface area contributed by atoms with E-state index in [0.717, 1.165) is 16.8 Å². The first-order valence-corrected chi connectivity index (χ1v) is 6.78. The van der Waals surface area contributed by atoms with Gasteiger partial charge in [-0.3, -0.25) is 0 Å². The van der Waals surface area contributed by atoms with Crippen LogP contribution in [0.3, 0.4) is 0 Å². The van der Waals surface area contributed by atoms with Gasteiger partial charge in [0.1, 0.15) is 11.6 Å². The molecule has 1 atom stereocenters. The summed E-state index contributed by atoms with van der Waals surface area (Å²) in [5, 5.41) is 12.8. The van der Waals surface area contributed by atoms with Crippen molar-refractivity contribution in [2.45, 2.75) is 19.9 Å². The zero-order valence-corrected chi connectivity index (χ0v) is 12.3. The average Bonchev–Trinajstić information content (AvgIpc) is 2.36. The van der Waals surface area contributed by atoms with Crippen LogP contribution in [0.15, 0.2) is 40.9 Å². The lowest BCUT2D eigenvalue weighted by molar-refractivity contribution is 0.474. The predicted octanol–water partition coefficient (Wildman–Crippen LogP) is 4.78. The summed E-state index contributed by atoms with van der Waals surface area (Å²) in [6.45, 7) is 3.85. The van der Waals surface area contributed by atoms with E-state index in [0.29, 0.717) is 4.47 Å². The number of phenolic OH excluding ortho intramolecular Hbond substituents is 1. The summed E-state index contributed by atoms with van der Waals surface area (Å²) >= 11 is 3.18. The van der Waals surface area contributed by atoms with Crippen molar-refractivity contribution >= 4 is 21.6 Å². The highest BCUT2D eigenvalue weighted by molar-refractivity contribution is 9.10. The Bertz CT molecular complexity index is 601. The molecule has 2 nitrogen and oxygen atoms in total. The van der Waals surface area contributed by atoms with Crippen molar-refractivity contribution in [1.82, 2.24) is 0 Å². The molecule has 19 heavy (non-hydrogen) atoms. The Kier molecular flexibility index (Phi) is 4.10. The van der Waals surface area contributed by atoms with Gasteiger partial charge in [-0.1, -0.05) is 12.1 Å². The fourth-order valence-corrected chi connectivity index (χ4v) is 2.26. The standard InChI is InChI=1S/C15H15BrFNO/c1-9-6-14(17)13(16)8-15(9)18-10(2)11-4-3-5-12(19)7-11/h3-8,10,18-19H,1-2H3. The summed E-state index contributed by atoms with van der Waals surface area (Å²) in [4.78, 5) is 0. The van der Waals surface area contributed by atoms with Crippen LogP contribution in [-0.4, -0.2) is 5.11 Å². The zero-order chi connectivity index (χ0) is 14.0. The third-order valence-corrected chi connectivity index (χ3v) is 3.62. The minimum atomic E-state index is -0.270. The van der Waals surface area contributed by atoms with Crippen LogP contribution in [0.1, 0.15) is 24.1 Å². The lowest BCUT2D eigenvalue weighted by Crippen LogP contribution is -2.07. The molecular weight excluding hydrogens is 309 g/mol. The molecule has 0 radical (unpaired) electrons. The number of phenols is 1. The van der Waals surface area contributed by atoms with E-state index in [1.807, 2.05) is 19.9 Å². The molecule has 0 aliphatic carbocycles. The van der Waals surface area contributed by atoms with Gasteiger partial charge >= 0.3 is 0 Å². The van der Waals surface area contributed by atoms with Crippen molar-refractivity contribution in [3.05, 3.63) is 57.8 Å². The Balaban J connectivity index is 2.24. The van der Waals surface area contributed by atoms with Crippen LogP contribution < -0.4 is 5.32 Å². The van der Waals surface area contributed by atoms with Crippen LogP contribution in [0.5, 0.6) is 5.75 Å². The number of aromatic hydroxyl groups is 1. The molecule has 0 amide bonds. The molecule has 0 aliphatic heterocycles. The van der Waals surface area contributed by atoms with Gasteiger partial charge in [0.05, 0.1) is 4.47 Å². The first-order chi connectivity index (χ1) is 8.97. The predicted molar refractivity (Wildman–Crippen MR) is 79.0 cm³/mol. The number of nitrogens with one attached hydrogen (secondary N) is 1. The zero-order valence-electron chi connectivity index (χ0n) is 10.7. The van der Waals surface area contributed by atoms with Crippen LogP contribution >= 0.6 is 15.9 Å². The molecular formula is C15H15BrFNO. The molecule has 0 bridgehead atoms. The van der Waals surface area contributed by atoms with Crippen LogP contribution in [-0.2, 0) is 0 Å². The number of benzene rings is 2. The molecule has 2 aromatic rings. The van der Waals surface area contributed by atoms with Crippen LogP contribution in [0.25, 0.3) is 0 Å². The van der Waals surface area contributed by atoms with Crippen molar-refractivity contribution in [2.24, 2.45) is 0 Å². The molecule has 0 heterocycles. The van der Waals surface area contributed by atoms with Gasteiger partial charge in [-0.15, -0.1) is 0 Å². The fourth-order valence-electron chi connectivity index (χ4n) is 1.91. The number of hydrogen-bond donors (Lipinski definition) is 2. The highest BCUT2D eigenvalue weighted by atomic mass is 79.9. The third-order valence-electron chi connectivity index (χ3n) is 3.01. The molecule has 0 spiro atoms. The Hall–Kier alpha value is -1.55. The van der Waals surface area contributed by atoms with Gasteiger partial charge in [0.25, 0.3) is 0 Å². The Morgan fingerprint density at radius 1 is 1.26 bits per heavy atom. The van der Waals surface area contributed by atoms with Gasteiger partial charge in [-0.2, -0.15) is 0 Å². The molecule has 100 valence electrons. The van der Waals surface area contributed by atoms with Gasteiger partial charge in [0.15, 0.2) is 0 Å². The Labute approximate surface area is 120 Å². The van der Waals surface area contributed by atoms with Crippen LogP contribution in [0, 0.1) is 12.7 Å². The van der Waals surface area contributed by atoms with E-state index in [1.54, 1.807) is 24.3 Å². The SMILES string of the molecule is Cc1cc(F)c(Br)cc1NC(C)c1cccc(O)c1. The summed E-state index contributed by atoms with van der Waals surface area (Å²) in [6, 6.07) is 10.3. The second-order valence-electron chi connectivity index (χ2n) is 4.54. The smallest absolute Gasteiger partial charge is 0.137 e. The van der Waals surface area contributed by atoms with E-state index in [-0.39, 0.29) is 17.6 Å². The molecule has 2 aromatic carbocycles. The molecule has 0 aliphatic rings. The molecule has 2 N–H and O–H groups in total. The minimum absolute atomic E-state index is 0.0168. The van der Waals surface area contributed by atoms with Crippen LogP contribution in [0.2, 0.25) is 0 Å². The molecule has 0 fully saturated rings. The van der Waals surface area contributed by atoms with Gasteiger partial charge in [-0.25, -0.2) is 4.39 Å². The lowest BCUT2D eigenvalue weighted by atomic mass is 10.1. The van der Waals surface area contributed by atoms with E-state index in [1.165, 1.54) is 6.07 Å². The Morgan fingerprint density at radius 2 is 2.00 bits per heavy atom. The largest absolute Gasteiger partial charge is 0.508 e. The normalized spacial score (nSPS) is 12.2. The molecule has 0 saturated heterocycles. The van der Waals surface area contributed by atoms with Crippen molar-refractivity contribution in [2.75, 3.05) is 5.32 Å².